The van der Waals surface area contributed by atoms with Crippen LogP contribution in [0.5, 0.6) is 6.01 Å². The van der Waals surface area contributed by atoms with E-state index < -0.39 is 0 Å². The lowest BCUT2D eigenvalue weighted by molar-refractivity contribution is 0.0317. The van der Waals surface area contributed by atoms with E-state index in [4.69, 9.17) is 25.0 Å². The van der Waals surface area contributed by atoms with Gasteiger partial charge in [0.25, 0.3) is 0 Å². The Balaban J connectivity index is 1.33. The number of nitrogens with zero attached hydrogens (tertiary/aromatic N) is 5. The van der Waals surface area contributed by atoms with Crippen molar-refractivity contribution in [2.24, 2.45) is 5.10 Å². The molecule has 0 saturated carbocycles. The number of hydrazone groups is 1. The minimum absolute atomic E-state index is 0.355. The van der Waals surface area contributed by atoms with Crippen LogP contribution < -0.4 is 20.8 Å². The van der Waals surface area contributed by atoms with Crippen LogP contribution in [0.4, 0.5) is 17.3 Å². The number of fused-ring (bicyclic) bond motifs is 1. The number of nitrogens with two attached hydrogens (primary N) is 1. The Kier molecular flexibility index (Phi) is 7.37. The topological polar surface area (TPSA) is 110 Å². The van der Waals surface area contributed by atoms with Gasteiger partial charge in [0.1, 0.15) is 12.4 Å². The lowest BCUT2D eigenvalue weighted by Crippen LogP contribution is -2.39. The Bertz CT molecular complexity index is 1000. The van der Waals surface area contributed by atoms with Gasteiger partial charge in [-0.05, 0) is 37.0 Å². The molecule has 182 valence electrons. The van der Waals surface area contributed by atoms with E-state index in [1.807, 2.05) is 18.2 Å². The molecule has 0 amide bonds. The second-order valence-corrected chi connectivity index (χ2v) is 8.74. The monoisotopic (exact) mass is 467 g/mol. The first kappa shape index (κ1) is 22.8. The van der Waals surface area contributed by atoms with E-state index in [0.717, 1.165) is 88.0 Å². The molecule has 0 radical (unpaired) electrons. The molecule has 10 heteroatoms. The van der Waals surface area contributed by atoms with Crippen molar-refractivity contribution in [1.29, 1.82) is 0 Å². The van der Waals surface area contributed by atoms with Crippen molar-refractivity contribution < 1.29 is 14.2 Å². The SMILES string of the molecule is Nc1ccc2c(c1)/C(=N/Nc1cc(N3CCOCC3)nc(OCCN3CCOCC3)n1)CCC2. The number of morpholine rings is 2. The van der Waals surface area contributed by atoms with Gasteiger partial charge in [-0.3, -0.25) is 10.3 Å². The number of anilines is 3. The first-order chi connectivity index (χ1) is 16.7. The van der Waals surface area contributed by atoms with E-state index in [0.29, 0.717) is 31.6 Å². The number of rotatable bonds is 7. The quantitative estimate of drug-likeness (QED) is 0.465. The maximum Gasteiger partial charge on any atom is 0.320 e. The van der Waals surface area contributed by atoms with Gasteiger partial charge in [0.15, 0.2) is 5.82 Å². The van der Waals surface area contributed by atoms with Gasteiger partial charge in [-0.15, -0.1) is 0 Å². The number of hydrogen-bond acceptors (Lipinski definition) is 10. The Morgan fingerprint density at radius 1 is 1.00 bits per heavy atom. The normalized spacial score (nSPS) is 20.2. The minimum atomic E-state index is 0.355. The van der Waals surface area contributed by atoms with Gasteiger partial charge < -0.3 is 24.8 Å². The molecule has 0 atom stereocenters. The Hall–Kier alpha value is -2.95. The van der Waals surface area contributed by atoms with Crippen LogP contribution in [0.1, 0.15) is 24.0 Å². The average molecular weight is 468 g/mol. The number of aromatic nitrogens is 2. The Morgan fingerprint density at radius 2 is 1.79 bits per heavy atom. The number of nitrogen functional groups attached to an aromatic ring is 1. The summed E-state index contributed by atoms with van der Waals surface area (Å²) in [4.78, 5) is 13.8. The van der Waals surface area contributed by atoms with Gasteiger partial charge in [-0.2, -0.15) is 15.1 Å². The number of benzene rings is 1. The summed E-state index contributed by atoms with van der Waals surface area (Å²) < 4.78 is 16.9. The molecule has 2 saturated heterocycles. The fourth-order valence-corrected chi connectivity index (χ4v) is 4.48. The average Bonchev–Trinajstić information content (AvgIpc) is 2.88. The zero-order chi connectivity index (χ0) is 23.2. The summed E-state index contributed by atoms with van der Waals surface area (Å²) in [5, 5.41) is 4.72. The number of ether oxygens (including phenoxy) is 3. The summed E-state index contributed by atoms with van der Waals surface area (Å²) in [6, 6.07) is 8.34. The van der Waals surface area contributed by atoms with Crippen LogP contribution in [0.2, 0.25) is 0 Å². The molecule has 1 aliphatic carbocycles. The summed E-state index contributed by atoms with van der Waals surface area (Å²) >= 11 is 0. The van der Waals surface area contributed by atoms with Crippen LogP contribution in [0.3, 0.4) is 0 Å². The fourth-order valence-electron chi connectivity index (χ4n) is 4.48. The molecule has 0 bridgehead atoms. The van der Waals surface area contributed by atoms with E-state index >= 15 is 0 Å². The van der Waals surface area contributed by atoms with Crippen molar-refractivity contribution in [3.05, 3.63) is 35.4 Å². The molecule has 1 aromatic carbocycles. The third-order valence-corrected chi connectivity index (χ3v) is 6.38. The molecule has 2 aliphatic heterocycles. The standard InChI is InChI=1S/C24H33N7O3/c25-19-5-4-18-2-1-3-21(20(18)16-19)28-29-22-17-23(31-9-13-33-14-10-31)27-24(26-22)34-15-8-30-6-11-32-12-7-30/h4-5,16-17H,1-3,6-15,25H2,(H,26,27,29)/b28-21+. The van der Waals surface area contributed by atoms with Crippen molar-refractivity contribution in [2.45, 2.75) is 19.3 Å². The van der Waals surface area contributed by atoms with Crippen molar-refractivity contribution >= 4 is 23.0 Å². The third kappa shape index (κ3) is 5.75. The van der Waals surface area contributed by atoms with Gasteiger partial charge in [0, 0.05) is 50.0 Å². The zero-order valence-corrected chi connectivity index (χ0v) is 19.5. The molecule has 2 aromatic rings. The van der Waals surface area contributed by atoms with E-state index in [1.54, 1.807) is 0 Å². The molecule has 0 spiro atoms. The molecule has 0 unspecified atom stereocenters. The molecule has 3 N–H and O–H groups in total. The van der Waals surface area contributed by atoms with E-state index in [1.165, 1.54) is 5.56 Å². The van der Waals surface area contributed by atoms with Crippen molar-refractivity contribution in [2.75, 3.05) is 81.8 Å². The highest BCUT2D eigenvalue weighted by Gasteiger charge is 2.18. The highest BCUT2D eigenvalue weighted by Crippen LogP contribution is 2.25. The molecule has 1 aromatic heterocycles. The summed E-state index contributed by atoms with van der Waals surface area (Å²) in [5.41, 5.74) is 13.3. The molecule has 34 heavy (non-hydrogen) atoms. The Labute approximate surface area is 200 Å². The number of hydrogen-bond donors (Lipinski definition) is 2. The van der Waals surface area contributed by atoms with Crippen LogP contribution in [-0.4, -0.2) is 86.3 Å². The first-order valence-electron chi connectivity index (χ1n) is 12.1. The lowest BCUT2D eigenvalue weighted by atomic mass is 9.90. The maximum atomic E-state index is 6.04. The van der Waals surface area contributed by atoms with Crippen LogP contribution in [-0.2, 0) is 15.9 Å². The number of aryl methyl sites for hydroxylation is 1. The minimum Gasteiger partial charge on any atom is -0.462 e. The largest absolute Gasteiger partial charge is 0.462 e. The summed E-state index contributed by atoms with van der Waals surface area (Å²) in [6.07, 6.45) is 3.01. The highest BCUT2D eigenvalue weighted by molar-refractivity contribution is 6.03. The van der Waals surface area contributed by atoms with Gasteiger partial charge in [0.05, 0.1) is 32.1 Å². The molecular formula is C24H33N7O3. The van der Waals surface area contributed by atoms with E-state index in [-0.39, 0.29) is 0 Å². The lowest BCUT2D eigenvalue weighted by Gasteiger charge is -2.28. The molecule has 3 aliphatic rings. The second kappa shape index (κ2) is 11.0. The predicted molar refractivity (Wildman–Crippen MR) is 132 cm³/mol. The zero-order valence-electron chi connectivity index (χ0n) is 19.5. The van der Waals surface area contributed by atoms with Crippen LogP contribution in [0.25, 0.3) is 0 Å². The molecule has 10 nitrogen and oxygen atoms in total. The van der Waals surface area contributed by atoms with E-state index in [9.17, 15) is 0 Å². The van der Waals surface area contributed by atoms with Crippen LogP contribution in [0.15, 0.2) is 29.4 Å². The predicted octanol–water partition coefficient (Wildman–Crippen LogP) is 1.76. The van der Waals surface area contributed by atoms with Crippen molar-refractivity contribution in [3.63, 3.8) is 0 Å². The second-order valence-electron chi connectivity index (χ2n) is 8.74. The summed E-state index contributed by atoms with van der Waals surface area (Å²) in [5.74, 6) is 1.43. The van der Waals surface area contributed by atoms with Crippen molar-refractivity contribution in [1.82, 2.24) is 14.9 Å². The summed E-state index contributed by atoms with van der Waals surface area (Å²) in [7, 11) is 0. The molecule has 3 heterocycles. The maximum absolute atomic E-state index is 6.04. The fraction of sp³-hybridized carbons (Fsp3) is 0.542. The first-order valence-corrected chi connectivity index (χ1v) is 12.1. The number of nitrogens with one attached hydrogen (secondary N) is 1. The van der Waals surface area contributed by atoms with Crippen LogP contribution >= 0.6 is 0 Å². The van der Waals surface area contributed by atoms with Gasteiger partial charge in [-0.1, -0.05) is 6.07 Å². The highest BCUT2D eigenvalue weighted by atomic mass is 16.5. The smallest absolute Gasteiger partial charge is 0.320 e. The molecule has 5 rings (SSSR count). The molecule has 2 fully saturated rings. The molecular weight excluding hydrogens is 434 g/mol. The Morgan fingerprint density at radius 3 is 2.62 bits per heavy atom. The van der Waals surface area contributed by atoms with Gasteiger partial charge in [-0.25, -0.2) is 0 Å². The van der Waals surface area contributed by atoms with Gasteiger partial charge in [0.2, 0.25) is 0 Å². The van der Waals surface area contributed by atoms with E-state index in [2.05, 4.69) is 31.3 Å². The summed E-state index contributed by atoms with van der Waals surface area (Å²) in [6.45, 7) is 7.66. The third-order valence-electron chi connectivity index (χ3n) is 6.38. The van der Waals surface area contributed by atoms with Crippen LogP contribution in [0, 0.1) is 0 Å². The van der Waals surface area contributed by atoms with Crippen molar-refractivity contribution in [3.8, 4) is 6.01 Å². The van der Waals surface area contributed by atoms with Gasteiger partial charge >= 0.3 is 6.01 Å².